The molecule has 0 bridgehead atoms. The van der Waals surface area contributed by atoms with Crippen molar-refractivity contribution in [3.63, 3.8) is 0 Å². The number of rotatable bonds is 9. The zero-order chi connectivity index (χ0) is 21.3. The van der Waals surface area contributed by atoms with Crippen LogP contribution in [0, 0.1) is 13.8 Å². The van der Waals surface area contributed by atoms with Crippen LogP contribution in [0.15, 0.2) is 53.1 Å². The van der Waals surface area contributed by atoms with E-state index in [1.54, 1.807) is 12.3 Å². The van der Waals surface area contributed by atoms with Crippen LogP contribution in [-0.2, 0) is 13.1 Å². The van der Waals surface area contributed by atoms with Crippen LogP contribution in [0.2, 0.25) is 0 Å². The summed E-state index contributed by atoms with van der Waals surface area (Å²) in [6.45, 7) is 7.08. The monoisotopic (exact) mass is 409 g/mol. The molecule has 0 aliphatic rings. The van der Waals surface area contributed by atoms with Gasteiger partial charge >= 0.3 is 6.03 Å². The highest BCUT2D eigenvalue weighted by Crippen LogP contribution is 2.31. The normalized spacial score (nSPS) is 10.5. The Morgan fingerprint density at radius 3 is 2.47 bits per heavy atom. The molecule has 0 saturated heterocycles. The summed E-state index contributed by atoms with van der Waals surface area (Å²) >= 11 is 0. The fraction of sp³-hybridized carbons (Fsp3) is 0.304. The van der Waals surface area contributed by atoms with E-state index in [1.807, 2.05) is 57.2 Å². The molecule has 2 N–H and O–H groups in total. The summed E-state index contributed by atoms with van der Waals surface area (Å²) in [5.74, 6) is 3.30. The van der Waals surface area contributed by atoms with E-state index in [4.69, 9.17) is 13.9 Å². The number of aryl methyl sites for hydroxylation is 2. The number of nitrogens with zero attached hydrogens (tertiary/aromatic N) is 1. The van der Waals surface area contributed by atoms with Crippen molar-refractivity contribution in [2.45, 2.75) is 40.3 Å². The third-order valence-corrected chi connectivity index (χ3v) is 4.39. The molecule has 158 valence electrons. The van der Waals surface area contributed by atoms with Crippen molar-refractivity contribution in [2.24, 2.45) is 0 Å². The van der Waals surface area contributed by atoms with E-state index in [2.05, 4.69) is 15.6 Å². The zero-order valence-electron chi connectivity index (χ0n) is 17.5. The second kappa shape index (κ2) is 10.3. The molecule has 7 heteroatoms. The molecule has 0 unspecified atom stereocenters. The predicted octanol–water partition coefficient (Wildman–Crippen LogP) is 4.87. The second-order valence-corrected chi connectivity index (χ2v) is 6.84. The zero-order valence-corrected chi connectivity index (χ0v) is 17.5. The standard InChI is InChI=1S/C23H27N3O4/c1-4-12-28-20-9-5-6-10-21(20)30-22-18(8-7-11-24-22)14-25-23(27)26-15-19-13-16(2)29-17(19)3/h5-11,13H,4,12,14-15H2,1-3H3,(H2,25,26,27). The molecule has 0 radical (unpaired) electrons. The number of amides is 2. The first-order valence-corrected chi connectivity index (χ1v) is 9.98. The average Bonchev–Trinajstić information content (AvgIpc) is 3.08. The fourth-order valence-corrected chi connectivity index (χ4v) is 2.89. The Bertz CT molecular complexity index is 984. The summed E-state index contributed by atoms with van der Waals surface area (Å²) in [6, 6.07) is 12.8. The van der Waals surface area contributed by atoms with E-state index in [9.17, 15) is 4.79 Å². The number of carbonyl (C=O) groups excluding carboxylic acids is 1. The lowest BCUT2D eigenvalue weighted by Gasteiger charge is -2.14. The Morgan fingerprint density at radius 2 is 1.77 bits per heavy atom. The van der Waals surface area contributed by atoms with Gasteiger partial charge in [-0.1, -0.05) is 25.1 Å². The van der Waals surface area contributed by atoms with Crippen LogP contribution in [0.4, 0.5) is 4.79 Å². The van der Waals surface area contributed by atoms with Gasteiger partial charge in [0.1, 0.15) is 11.5 Å². The largest absolute Gasteiger partial charge is 0.490 e. The predicted molar refractivity (Wildman–Crippen MR) is 114 cm³/mol. The van der Waals surface area contributed by atoms with E-state index in [0.29, 0.717) is 30.5 Å². The number of ether oxygens (including phenoxy) is 2. The molecule has 2 amide bonds. The minimum Gasteiger partial charge on any atom is -0.490 e. The van der Waals surface area contributed by atoms with Gasteiger partial charge in [-0.15, -0.1) is 0 Å². The van der Waals surface area contributed by atoms with Gasteiger partial charge in [0.25, 0.3) is 0 Å². The summed E-state index contributed by atoms with van der Waals surface area (Å²) in [4.78, 5) is 16.5. The number of carbonyl (C=O) groups is 1. The third-order valence-electron chi connectivity index (χ3n) is 4.39. The number of para-hydroxylation sites is 2. The van der Waals surface area contributed by atoms with Crippen LogP contribution in [0.5, 0.6) is 17.4 Å². The quantitative estimate of drug-likeness (QED) is 0.526. The highest BCUT2D eigenvalue weighted by molar-refractivity contribution is 5.73. The molecule has 3 aromatic rings. The van der Waals surface area contributed by atoms with Crippen LogP contribution in [0.3, 0.4) is 0 Å². The van der Waals surface area contributed by atoms with Gasteiger partial charge in [0.05, 0.1) is 6.61 Å². The maximum absolute atomic E-state index is 12.2. The van der Waals surface area contributed by atoms with Gasteiger partial charge in [-0.25, -0.2) is 9.78 Å². The minimum atomic E-state index is -0.283. The Balaban J connectivity index is 1.60. The van der Waals surface area contributed by atoms with E-state index >= 15 is 0 Å². The van der Waals surface area contributed by atoms with Crippen LogP contribution in [0.25, 0.3) is 0 Å². The first-order chi connectivity index (χ1) is 14.6. The number of benzene rings is 1. The lowest BCUT2D eigenvalue weighted by atomic mass is 10.2. The van der Waals surface area contributed by atoms with E-state index in [-0.39, 0.29) is 12.6 Å². The minimum absolute atomic E-state index is 0.274. The van der Waals surface area contributed by atoms with Gasteiger partial charge in [-0.05, 0) is 44.5 Å². The molecule has 0 saturated carbocycles. The third kappa shape index (κ3) is 5.76. The van der Waals surface area contributed by atoms with Crippen molar-refractivity contribution < 1.29 is 18.7 Å². The number of urea groups is 1. The molecule has 3 rings (SSSR count). The first kappa shape index (κ1) is 21.2. The summed E-state index contributed by atoms with van der Waals surface area (Å²) in [6.07, 6.45) is 2.55. The van der Waals surface area contributed by atoms with Gasteiger partial charge < -0.3 is 24.5 Å². The lowest BCUT2D eigenvalue weighted by molar-refractivity contribution is 0.240. The van der Waals surface area contributed by atoms with Crippen molar-refractivity contribution in [1.29, 1.82) is 0 Å². The maximum Gasteiger partial charge on any atom is 0.315 e. The summed E-state index contributed by atoms with van der Waals surface area (Å²) < 4.78 is 17.2. The maximum atomic E-state index is 12.2. The van der Waals surface area contributed by atoms with Crippen molar-refractivity contribution in [1.82, 2.24) is 15.6 Å². The van der Waals surface area contributed by atoms with Crippen LogP contribution in [0.1, 0.15) is 36.0 Å². The summed E-state index contributed by atoms with van der Waals surface area (Å²) in [5.41, 5.74) is 1.71. The Kier molecular flexibility index (Phi) is 7.32. The van der Waals surface area contributed by atoms with E-state index in [1.165, 1.54) is 0 Å². The fourth-order valence-electron chi connectivity index (χ4n) is 2.89. The molecule has 7 nitrogen and oxygen atoms in total. The van der Waals surface area contributed by atoms with E-state index in [0.717, 1.165) is 29.1 Å². The smallest absolute Gasteiger partial charge is 0.315 e. The SMILES string of the molecule is CCCOc1ccccc1Oc1ncccc1CNC(=O)NCc1cc(C)oc1C. The van der Waals surface area contributed by atoms with Gasteiger partial charge in [0, 0.05) is 30.4 Å². The topological polar surface area (TPSA) is 85.6 Å². The molecule has 1 aromatic carbocycles. The van der Waals surface area contributed by atoms with Crippen molar-refractivity contribution in [2.75, 3.05) is 6.61 Å². The number of pyridine rings is 1. The first-order valence-electron chi connectivity index (χ1n) is 9.98. The molecule has 0 spiro atoms. The van der Waals surface area contributed by atoms with Gasteiger partial charge in [-0.2, -0.15) is 0 Å². The molecule has 30 heavy (non-hydrogen) atoms. The van der Waals surface area contributed by atoms with Crippen molar-refractivity contribution in [3.8, 4) is 17.4 Å². The number of furan rings is 1. The molecule has 0 aliphatic heterocycles. The second-order valence-electron chi connectivity index (χ2n) is 6.84. The molecule has 0 aliphatic carbocycles. The van der Waals surface area contributed by atoms with Crippen molar-refractivity contribution in [3.05, 3.63) is 71.3 Å². The van der Waals surface area contributed by atoms with Gasteiger partial charge in [-0.3, -0.25) is 0 Å². The molecule has 0 atom stereocenters. The van der Waals surface area contributed by atoms with Gasteiger partial charge in [0.2, 0.25) is 5.88 Å². The summed E-state index contributed by atoms with van der Waals surface area (Å²) in [5, 5.41) is 5.67. The van der Waals surface area contributed by atoms with Crippen LogP contribution < -0.4 is 20.1 Å². The number of hydrogen-bond acceptors (Lipinski definition) is 5. The number of aromatic nitrogens is 1. The highest BCUT2D eigenvalue weighted by atomic mass is 16.5. The molecule has 2 aromatic heterocycles. The van der Waals surface area contributed by atoms with Crippen LogP contribution in [-0.4, -0.2) is 17.6 Å². The van der Waals surface area contributed by atoms with Gasteiger partial charge in [0.15, 0.2) is 11.5 Å². The molecule has 0 fully saturated rings. The molecular formula is C23H27N3O4. The lowest BCUT2D eigenvalue weighted by Crippen LogP contribution is -2.34. The Morgan fingerprint density at radius 1 is 1.03 bits per heavy atom. The molecular weight excluding hydrogens is 382 g/mol. The summed E-state index contributed by atoms with van der Waals surface area (Å²) in [7, 11) is 0. The number of nitrogens with one attached hydrogen (secondary N) is 2. The van der Waals surface area contributed by atoms with E-state index < -0.39 is 0 Å². The van der Waals surface area contributed by atoms with Crippen LogP contribution >= 0.6 is 0 Å². The Labute approximate surface area is 176 Å². The average molecular weight is 409 g/mol. The molecule has 2 heterocycles. The Hall–Kier alpha value is -3.48. The highest BCUT2D eigenvalue weighted by Gasteiger charge is 2.12. The number of hydrogen-bond donors (Lipinski definition) is 2. The van der Waals surface area contributed by atoms with Crippen molar-refractivity contribution >= 4 is 6.03 Å².